The number of rotatable bonds is 5. The maximum Gasteiger partial charge on any atom is 0.247 e. The van der Waals surface area contributed by atoms with Gasteiger partial charge in [-0.05, 0) is 18.2 Å². The predicted octanol–water partition coefficient (Wildman–Crippen LogP) is 1.76. The van der Waals surface area contributed by atoms with Gasteiger partial charge in [0.05, 0.1) is 30.2 Å². The summed E-state index contributed by atoms with van der Waals surface area (Å²) in [6, 6.07) is 9.46. The Hall–Kier alpha value is -2.33. The van der Waals surface area contributed by atoms with E-state index >= 15 is 0 Å². The molecule has 8 nitrogen and oxygen atoms in total. The summed E-state index contributed by atoms with van der Waals surface area (Å²) in [4.78, 5) is 0. The van der Waals surface area contributed by atoms with E-state index < -0.39 is 26.1 Å². The van der Waals surface area contributed by atoms with E-state index in [0.29, 0.717) is 22.7 Å². The molecule has 0 bridgehead atoms. The minimum absolute atomic E-state index is 0.267. The van der Waals surface area contributed by atoms with Crippen LogP contribution in [0.4, 0.5) is 5.69 Å². The van der Waals surface area contributed by atoms with Gasteiger partial charge >= 0.3 is 0 Å². The van der Waals surface area contributed by atoms with Gasteiger partial charge in [0.2, 0.25) is 20.0 Å². The lowest BCUT2D eigenvalue weighted by Crippen LogP contribution is -2.25. The molecular formula is C15H17N3O5S2. The zero-order valence-electron chi connectivity index (χ0n) is 13.6. The monoisotopic (exact) mass is 383 g/mol. The Kier molecular flexibility index (Phi) is 4.33. The molecule has 0 spiro atoms. The van der Waals surface area contributed by atoms with Gasteiger partial charge in [0.1, 0.15) is 11.8 Å². The smallest absolute Gasteiger partial charge is 0.247 e. The quantitative estimate of drug-likeness (QED) is 0.846. The van der Waals surface area contributed by atoms with E-state index in [1.54, 1.807) is 36.4 Å². The summed E-state index contributed by atoms with van der Waals surface area (Å²) < 4.78 is 56.1. The Labute approximate surface area is 146 Å². The Balaban J connectivity index is 2.04. The van der Waals surface area contributed by atoms with Crippen molar-refractivity contribution in [3.05, 3.63) is 54.0 Å². The van der Waals surface area contributed by atoms with Crippen LogP contribution < -0.4 is 4.72 Å². The highest BCUT2D eigenvalue weighted by molar-refractivity contribution is 7.92. The normalized spacial score (nSPS) is 18.2. The van der Waals surface area contributed by atoms with Crippen LogP contribution in [0.1, 0.15) is 23.8 Å². The number of nitrogens with zero attached hydrogens (tertiary/aromatic N) is 2. The summed E-state index contributed by atoms with van der Waals surface area (Å²) in [5.41, 5.74) is 1.33. The van der Waals surface area contributed by atoms with Crippen LogP contribution >= 0.6 is 0 Å². The Morgan fingerprint density at radius 1 is 1.12 bits per heavy atom. The molecular weight excluding hydrogens is 366 g/mol. The van der Waals surface area contributed by atoms with E-state index in [2.05, 4.69) is 9.82 Å². The molecule has 0 fully saturated rings. The highest BCUT2D eigenvalue weighted by atomic mass is 32.2. The molecule has 0 radical (unpaired) electrons. The number of furan rings is 1. The molecule has 0 unspecified atom stereocenters. The summed E-state index contributed by atoms with van der Waals surface area (Å²) in [5, 5.41) is 4.22. The van der Waals surface area contributed by atoms with Crippen LogP contribution in [0.3, 0.4) is 0 Å². The molecule has 0 amide bonds. The van der Waals surface area contributed by atoms with Crippen molar-refractivity contribution in [3.8, 4) is 0 Å². The summed E-state index contributed by atoms with van der Waals surface area (Å²) in [7, 11) is -7.10. The molecule has 134 valence electrons. The minimum atomic E-state index is -3.62. The predicted molar refractivity (Wildman–Crippen MR) is 94.2 cm³/mol. The van der Waals surface area contributed by atoms with Crippen molar-refractivity contribution in [1.29, 1.82) is 0 Å². The second-order valence-corrected chi connectivity index (χ2v) is 9.33. The number of benzene rings is 1. The highest BCUT2D eigenvalue weighted by Crippen LogP contribution is 2.36. The van der Waals surface area contributed by atoms with Gasteiger partial charge in [-0.25, -0.2) is 16.8 Å². The summed E-state index contributed by atoms with van der Waals surface area (Å²) in [5.74, 6) is 0.470. The standard InChI is InChI=1S/C15H17N3O5S2/c1-24(19,20)17-12-7-4-3-6-11(12)13-10-14(15-8-5-9-23-15)18(16-13)25(2,21)22/h3-9,14,17H,10H2,1-2H3/t14-/m0/s1. The van der Waals surface area contributed by atoms with E-state index in [-0.39, 0.29) is 6.42 Å². The molecule has 25 heavy (non-hydrogen) atoms. The molecule has 1 aromatic carbocycles. The second-order valence-electron chi connectivity index (χ2n) is 5.74. The van der Waals surface area contributed by atoms with Gasteiger partial charge < -0.3 is 4.42 Å². The Morgan fingerprint density at radius 3 is 2.44 bits per heavy atom. The van der Waals surface area contributed by atoms with Crippen LogP contribution in [0.5, 0.6) is 0 Å². The van der Waals surface area contributed by atoms with E-state index in [1.165, 1.54) is 6.26 Å². The molecule has 0 saturated carbocycles. The van der Waals surface area contributed by atoms with Gasteiger partial charge in [-0.1, -0.05) is 18.2 Å². The fourth-order valence-electron chi connectivity index (χ4n) is 2.67. The molecule has 1 atom stereocenters. The molecule has 1 aromatic heterocycles. The Morgan fingerprint density at radius 2 is 1.84 bits per heavy atom. The highest BCUT2D eigenvalue weighted by Gasteiger charge is 2.36. The van der Waals surface area contributed by atoms with Gasteiger partial charge in [-0.3, -0.25) is 4.72 Å². The largest absolute Gasteiger partial charge is 0.467 e. The van der Waals surface area contributed by atoms with Gasteiger partial charge in [-0.15, -0.1) is 0 Å². The fraction of sp³-hybridized carbons (Fsp3) is 0.267. The molecule has 1 N–H and O–H groups in total. The number of hydrogen-bond donors (Lipinski definition) is 1. The number of anilines is 1. The van der Waals surface area contributed by atoms with Crippen molar-refractivity contribution < 1.29 is 21.3 Å². The first-order valence-electron chi connectivity index (χ1n) is 7.32. The van der Waals surface area contributed by atoms with Gasteiger partial charge in [-0.2, -0.15) is 9.52 Å². The number of hydrogen-bond acceptors (Lipinski definition) is 6. The van der Waals surface area contributed by atoms with E-state index in [9.17, 15) is 16.8 Å². The molecule has 3 rings (SSSR count). The lowest BCUT2D eigenvalue weighted by atomic mass is 10.0. The minimum Gasteiger partial charge on any atom is -0.467 e. The van der Waals surface area contributed by atoms with E-state index in [1.807, 2.05) is 0 Å². The lowest BCUT2D eigenvalue weighted by Gasteiger charge is -2.18. The van der Waals surface area contributed by atoms with Crippen molar-refractivity contribution in [3.63, 3.8) is 0 Å². The zero-order chi connectivity index (χ0) is 18.2. The third kappa shape index (κ3) is 3.85. The third-order valence-corrected chi connectivity index (χ3v) is 5.22. The van der Waals surface area contributed by atoms with Gasteiger partial charge in [0.25, 0.3) is 0 Å². The van der Waals surface area contributed by atoms with Gasteiger partial charge in [0.15, 0.2) is 0 Å². The van der Waals surface area contributed by atoms with Crippen LogP contribution in [-0.2, 0) is 20.0 Å². The van der Waals surface area contributed by atoms with E-state index in [4.69, 9.17) is 4.42 Å². The van der Waals surface area contributed by atoms with E-state index in [0.717, 1.165) is 16.9 Å². The molecule has 1 aliphatic heterocycles. The van der Waals surface area contributed by atoms with Crippen molar-refractivity contribution in [2.75, 3.05) is 17.2 Å². The average Bonchev–Trinajstić information content (AvgIpc) is 3.14. The maximum absolute atomic E-state index is 12.1. The Bertz CT molecular complexity index is 1010. The number of hydrazone groups is 1. The first kappa shape index (κ1) is 17.5. The maximum atomic E-state index is 12.1. The third-order valence-electron chi connectivity index (χ3n) is 3.62. The molecule has 2 heterocycles. The van der Waals surface area contributed by atoms with Crippen LogP contribution in [0, 0.1) is 0 Å². The second kappa shape index (κ2) is 6.19. The SMILES string of the molecule is CS(=O)(=O)Nc1ccccc1C1=NN(S(C)(=O)=O)[C@H](c2ccco2)C1. The van der Waals surface area contributed by atoms with Crippen LogP contribution in [-0.4, -0.2) is 39.5 Å². The van der Waals surface area contributed by atoms with Crippen molar-refractivity contribution in [2.24, 2.45) is 5.10 Å². The molecule has 1 aliphatic rings. The van der Waals surface area contributed by atoms with Gasteiger partial charge in [0, 0.05) is 12.0 Å². The average molecular weight is 383 g/mol. The first-order chi connectivity index (χ1) is 11.6. The summed E-state index contributed by atoms with van der Waals surface area (Å²) in [6.07, 6.45) is 3.85. The molecule has 10 heteroatoms. The number of sulfonamides is 2. The lowest BCUT2D eigenvalue weighted by molar-refractivity contribution is 0.322. The van der Waals surface area contributed by atoms with Crippen molar-refractivity contribution in [1.82, 2.24) is 4.41 Å². The summed E-state index contributed by atoms with van der Waals surface area (Å²) >= 11 is 0. The van der Waals surface area contributed by atoms with Crippen molar-refractivity contribution in [2.45, 2.75) is 12.5 Å². The van der Waals surface area contributed by atoms with Crippen LogP contribution in [0.25, 0.3) is 0 Å². The van der Waals surface area contributed by atoms with Crippen LogP contribution in [0.15, 0.2) is 52.2 Å². The summed E-state index contributed by atoms with van der Waals surface area (Å²) in [6.45, 7) is 0. The first-order valence-corrected chi connectivity index (χ1v) is 11.1. The molecule has 2 aromatic rings. The zero-order valence-corrected chi connectivity index (χ0v) is 15.2. The van der Waals surface area contributed by atoms with Crippen LogP contribution in [0.2, 0.25) is 0 Å². The molecule has 0 saturated heterocycles. The number of nitrogens with one attached hydrogen (secondary N) is 1. The topological polar surface area (TPSA) is 109 Å². The molecule has 0 aliphatic carbocycles. The van der Waals surface area contributed by atoms with Crippen molar-refractivity contribution >= 4 is 31.4 Å². The number of para-hydroxylation sites is 1. The fourth-order valence-corrected chi connectivity index (χ4v) is 4.14.